The van der Waals surface area contributed by atoms with Crippen LogP contribution in [0, 0.1) is 0 Å². The maximum atomic E-state index is 2.55. The Morgan fingerprint density at radius 1 is 0.404 bits per heavy atom. The molecule has 0 radical (unpaired) electrons. The first-order chi connectivity index (χ1) is 28.3. The highest BCUT2D eigenvalue weighted by Crippen LogP contribution is 2.42. The highest BCUT2D eigenvalue weighted by Gasteiger charge is 2.24. The fraction of sp³-hybridized carbons (Fsp3) is 0.111. The first-order valence-corrected chi connectivity index (χ1v) is 20.6. The Morgan fingerprint density at radius 2 is 1.09 bits per heavy atom. The third-order valence-corrected chi connectivity index (χ3v) is 12.6. The lowest BCUT2D eigenvalue weighted by Gasteiger charge is -2.18. The average molecular weight is 732 g/mol. The van der Waals surface area contributed by atoms with Crippen molar-refractivity contribution in [3.8, 4) is 28.2 Å². The van der Waals surface area contributed by atoms with Gasteiger partial charge in [-0.2, -0.15) is 0 Å². The Balaban J connectivity index is 1.12. The standard InChI is InChI=1S/C54H41N3/c1-3-16-36(17-4-1)38-32-39(37-18-5-2-6-19-37)34-41(33-38)55-48-25-11-10-23-45(48)47-35-40(30-31-52(47)55)56-49-26-12-9-22-44(49)46-24-15-29-53(54(46)56)57-50-27-13-7-20-42(50)43-21-8-14-28-51(43)57/h1,3-4,7-13,15-18,20-27,29-35H,2,5-6,14,19,28H2. The van der Waals surface area contributed by atoms with Crippen molar-refractivity contribution in [1.29, 1.82) is 0 Å². The summed E-state index contributed by atoms with van der Waals surface area (Å²) in [5.41, 5.74) is 17.8. The Labute approximate surface area is 332 Å². The molecule has 57 heavy (non-hydrogen) atoms. The molecule has 2 aliphatic carbocycles. The van der Waals surface area contributed by atoms with Gasteiger partial charge in [0.2, 0.25) is 0 Å². The molecule has 3 heteroatoms. The summed E-state index contributed by atoms with van der Waals surface area (Å²) in [7, 11) is 0. The molecule has 0 atom stereocenters. The van der Waals surface area contributed by atoms with Crippen LogP contribution in [0.5, 0.6) is 0 Å². The predicted molar refractivity (Wildman–Crippen MR) is 241 cm³/mol. The number of aromatic nitrogens is 3. The van der Waals surface area contributed by atoms with Crippen molar-refractivity contribution in [3.05, 3.63) is 187 Å². The average Bonchev–Trinajstić information content (AvgIpc) is 3.93. The SMILES string of the molecule is C1=Cc2c(n(-c3cccc4c5ccccc5n(-c5ccc6c(c5)c5ccccc5n6-c5cc(C6=CCCCC6)cc(-c6ccccc6)c5)c34)c3ccccc23)CC1. The van der Waals surface area contributed by atoms with Crippen LogP contribution in [0.15, 0.2) is 170 Å². The zero-order chi connectivity index (χ0) is 37.5. The van der Waals surface area contributed by atoms with Crippen LogP contribution in [0.4, 0.5) is 0 Å². The molecule has 3 heterocycles. The molecule has 0 aliphatic heterocycles. The molecule has 12 rings (SSSR count). The molecule has 10 aromatic rings. The molecule has 0 spiro atoms. The summed E-state index contributed by atoms with van der Waals surface area (Å²) in [6.07, 6.45) is 14.0. The Bertz CT molecular complexity index is 3290. The van der Waals surface area contributed by atoms with E-state index < -0.39 is 0 Å². The van der Waals surface area contributed by atoms with E-state index in [9.17, 15) is 0 Å². The van der Waals surface area contributed by atoms with Crippen LogP contribution in [0.1, 0.15) is 48.9 Å². The van der Waals surface area contributed by atoms with Gasteiger partial charge in [0.25, 0.3) is 0 Å². The van der Waals surface area contributed by atoms with Gasteiger partial charge in [-0.05, 0) is 121 Å². The van der Waals surface area contributed by atoms with Crippen LogP contribution in [0.25, 0.3) is 94.4 Å². The Kier molecular flexibility index (Phi) is 7.31. The molecule has 7 aromatic carbocycles. The third-order valence-electron chi connectivity index (χ3n) is 12.6. The van der Waals surface area contributed by atoms with E-state index in [2.05, 4.69) is 190 Å². The molecule has 0 fully saturated rings. The van der Waals surface area contributed by atoms with E-state index in [1.807, 2.05) is 0 Å². The number of hydrogen-bond acceptors (Lipinski definition) is 0. The topological polar surface area (TPSA) is 14.8 Å². The van der Waals surface area contributed by atoms with Crippen LogP contribution in [-0.2, 0) is 6.42 Å². The van der Waals surface area contributed by atoms with E-state index in [1.165, 1.54) is 118 Å². The van der Waals surface area contributed by atoms with Crippen LogP contribution in [-0.4, -0.2) is 13.7 Å². The van der Waals surface area contributed by atoms with Gasteiger partial charge < -0.3 is 13.7 Å². The predicted octanol–water partition coefficient (Wildman–Crippen LogP) is 14.4. The van der Waals surface area contributed by atoms with Crippen LogP contribution in [0.3, 0.4) is 0 Å². The van der Waals surface area contributed by atoms with E-state index in [4.69, 9.17) is 0 Å². The summed E-state index contributed by atoms with van der Waals surface area (Å²) < 4.78 is 7.57. The van der Waals surface area contributed by atoms with Crippen molar-refractivity contribution < 1.29 is 0 Å². The third kappa shape index (κ3) is 4.98. The monoisotopic (exact) mass is 731 g/mol. The van der Waals surface area contributed by atoms with Gasteiger partial charge in [-0.25, -0.2) is 0 Å². The minimum atomic E-state index is 1.02. The van der Waals surface area contributed by atoms with Crippen LogP contribution in [0.2, 0.25) is 0 Å². The van der Waals surface area contributed by atoms with Gasteiger partial charge in [-0.3, -0.25) is 0 Å². The number of fused-ring (bicyclic) bond motifs is 9. The minimum absolute atomic E-state index is 1.02. The summed E-state index contributed by atoms with van der Waals surface area (Å²) in [6, 6.07) is 58.9. The molecule has 3 nitrogen and oxygen atoms in total. The van der Waals surface area contributed by atoms with Gasteiger partial charge in [0.05, 0.1) is 33.3 Å². The first kappa shape index (κ1) is 32.4. The number of para-hydroxylation sites is 4. The molecule has 2 aliphatic rings. The maximum Gasteiger partial charge on any atom is 0.0782 e. The van der Waals surface area contributed by atoms with E-state index in [0.29, 0.717) is 0 Å². The molecule has 272 valence electrons. The minimum Gasteiger partial charge on any atom is -0.311 e. The van der Waals surface area contributed by atoms with Crippen molar-refractivity contribution in [2.24, 2.45) is 0 Å². The lowest BCUT2D eigenvalue weighted by molar-refractivity contribution is 0.742. The van der Waals surface area contributed by atoms with Crippen molar-refractivity contribution in [2.75, 3.05) is 0 Å². The van der Waals surface area contributed by atoms with E-state index in [0.717, 1.165) is 25.7 Å². The Morgan fingerprint density at radius 3 is 1.89 bits per heavy atom. The van der Waals surface area contributed by atoms with Crippen molar-refractivity contribution in [2.45, 2.75) is 38.5 Å². The highest BCUT2D eigenvalue weighted by atomic mass is 15.1. The summed E-state index contributed by atoms with van der Waals surface area (Å²) >= 11 is 0. The number of benzene rings is 7. The number of hydrogen-bond donors (Lipinski definition) is 0. The molecule has 3 aromatic heterocycles. The summed E-state index contributed by atoms with van der Waals surface area (Å²) in [5.74, 6) is 0. The molecular weight excluding hydrogens is 691 g/mol. The molecular formula is C54H41N3. The van der Waals surface area contributed by atoms with Crippen molar-refractivity contribution in [1.82, 2.24) is 13.7 Å². The zero-order valence-electron chi connectivity index (χ0n) is 31.8. The largest absolute Gasteiger partial charge is 0.311 e. The quantitative estimate of drug-likeness (QED) is 0.167. The number of nitrogens with zero attached hydrogens (tertiary/aromatic N) is 3. The molecule has 0 N–H and O–H groups in total. The molecule has 0 bridgehead atoms. The fourth-order valence-corrected chi connectivity index (χ4v) is 10.1. The highest BCUT2D eigenvalue weighted by molar-refractivity contribution is 6.14. The second kappa shape index (κ2) is 12.9. The second-order valence-electron chi connectivity index (χ2n) is 15.8. The fourth-order valence-electron chi connectivity index (χ4n) is 10.1. The van der Waals surface area contributed by atoms with Crippen LogP contribution >= 0.6 is 0 Å². The zero-order valence-corrected chi connectivity index (χ0v) is 31.8. The van der Waals surface area contributed by atoms with Crippen LogP contribution < -0.4 is 0 Å². The van der Waals surface area contributed by atoms with Gasteiger partial charge in [0.1, 0.15) is 0 Å². The van der Waals surface area contributed by atoms with E-state index in [-0.39, 0.29) is 0 Å². The van der Waals surface area contributed by atoms with E-state index in [1.54, 1.807) is 0 Å². The van der Waals surface area contributed by atoms with E-state index >= 15 is 0 Å². The van der Waals surface area contributed by atoms with Crippen molar-refractivity contribution in [3.63, 3.8) is 0 Å². The lowest BCUT2D eigenvalue weighted by Crippen LogP contribution is -2.05. The number of rotatable bonds is 5. The normalized spacial score (nSPS) is 14.3. The lowest BCUT2D eigenvalue weighted by atomic mass is 9.91. The molecule has 0 unspecified atom stereocenters. The second-order valence-corrected chi connectivity index (χ2v) is 15.8. The Hall–Kier alpha value is -6.84. The number of allylic oxidation sites excluding steroid dienone is 3. The van der Waals surface area contributed by atoms with Crippen molar-refractivity contribution >= 4 is 66.2 Å². The van der Waals surface area contributed by atoms with Gasteiger partial charge in [-0.1, -0.05) is 115 Å². The first-order valence-electron chi connectivity index (χ1n) is 20.6. The van der Waals surface area contributed by atoms with Gasteiger partial charge in [0, 0.05) is 49.6 Å². The molecule has 0 saturated heterocycles. The maximum absolute atomic E-state index is 2.55. The summed E-state index contributed by atoms with van der Waals surface area (Å²) in [6.45, 7) is 0. The molecule has 0 saturated carbocycles. The smallest absolute Gasteiger partial charge is 0.0782 e. The molecule has 0 amide bonds. The van der Waals surface area contributed by atoms with Gasteiger partial charge >= 0.3 is 0 Å². The summed E-state index contributed by atoms with van der Waals surface area (Å²) in [4.78, 5) is 0. The van der Waals surface area contributed by atoms with Gasteiger partial charge in [-0.15, -0.1) is 0 Å². The van der Waals surface area contributed by atoms with Gasteiger partial charge in [0.15, 0.2) is 0 Å². The summed E-state index contributed by atoms with van der Waals surface area (Å²) in [5, 5.41) is 6.37.